The summed E-state index contributed by atoms with van der Waals surface area (Å²) in [5, 5.41) is 12.0. The van der Waals surface area contributed by atoms with E-state index in [-0.39, 0.29) is 0 Å². The molecule has 0 aliphatic carbocycles. The average Bonchev–Trinajstić information content (AvgIpc) is 2.65. The summed E-state index contributed by atoms with van der Waals surface area (Å²) in [6.45, 7) is 3.89. The summed E-state index contributed by atoms with van der Waals surface area (Å²) < 4.78 is 0. The summed E-state index contributed by atoms with van der Waals surface area (Å²) in [6.07, 6.45) is 1.81. The van der Waals surface area contributed by atoms with Gasteiger partial charge in [0.05, 0.1) is 16.7 Å². The van der Waals surface area contributed by atoms with E-state index in [1.165, 1.54) is 0 Å². The van der Waals surface area contributed by atoms with Gasteiger partial charge in [-0.15, -0.1) is 0 Å². The SMILES string of the molecule is Cc1nccc2c1[nH]c1c(C)c(O)ccc12. The van der Waals surface area contributed by atoms with Crippen LogP contribution in [0, 0.1) is 13.8 Å². The number of phenolic OH excluding ortho intramolecular Hbond substituents is 1. The summed E-state index contributed by atoms with van der Waals surface area (Å²) in [5.74, 6) is 0.324. The third-order valence-corrected chi connectivity index (χ3v) is 3.12. The van der Waals surface area contributed by atoms with Gasteiger partial charge in [-0.3, -0.25) is 4.98 Å². The number of aromatic amines is 1. The number of aromatic nitrogens is 2. The Hall–Kier alpha value is -2.03. The Bertz CT molecular complexity index is 698. The van der Waals surface area contributed by atoms with Crippen molar-refractivity contribution in [2.24, 2.45) is 0 Å². The molecule has 0 saturated heterocycles. The molecule has 0 amide bonds. The van der Waals surface area contributed by atoms with E-state index in [4.69, 9.17) is 0 Å². The number of aromatic hydroxyl groups is 1. The molecular weight excluding hydrogens is 200 g/mol. The van der Waals surface area contributed by atoms with Crippen LogP contribution in [0.2, 0.25) is 0 Å². The number of aryl methyl sites for hydroxylation is 2. The molecule has 1 aromatic carbocycles. The minimum atomic E-state index is 0.324. The fraction of sp³-hybridized carbons (Fsp3) is 0.154. The molecule has 0 atom stereocenters. The van der Waals surface area contributed by atoms with Gasteiger partial charge in [0, 0.05) is 22.5 Å². The molecule has 3 nitrogen and oxygen atoms in total. The van der Waals surface area contributed by atoms with Crippen molar-refractivity contribution in [3.8, 4) is 5.75 Å². The monoisotopic (exact) mass is 212 g/mol. The zero-order valence-electron chi connectivity index (χ0n) is 9.20. The van der Waals surface area contributed by atoms with E-state index in [1.807, 2.05) is 32.2 Å². The van der Waals surface area contributed by atoms with Crippen LogP contribution in [0.4, 0.5) is 0 Å². The minimum absolute atomic E-state index is 0.324. The van der Waals surface area contributed by atoms with Crippen LogP contribution in [0.25, 0.3) is 21.8 Å². The van der Waals surface area contributed by atoms with Crippen LogP contribution >= 0.6 is 0 Å². The van der Waals surface area contributed by atoms with E-state index in [9.17, 15) is 5.11 Å². The molecule has 0 spiro atoms. The van der Waals surface area contributed by atoms with Crippen LogP contribution in [0.15, 0.2) is 24.4 Å². The summed E-state index contributed by atoms with van der Waals surface area (Å²) >= 11 is 0. The number of hydrogen-bond donors (Lipinski definition) is 2. The van der Waals surface area contributed by atoms with Gasteiger partial charge in [0.25, 0.3) is 0 Å². The molecule has 16 heavy (non-hydrogen) atoms. The normalized spacial score (nSPS) is 11.4. The van der Waals surface area contributed by atoms with Crippen molar-refractivity contribution in [2.75, 3.05) is 0 Å². The molecule has 3 rings (SSSR count). The van der Waals surface area contributed by atoms with Gasteiger partial charge in [-0.25, -0.2) is 0 Å². The second-order valence-corrected chi connectivity index (χ2v) is 4.08. The maximum absolute atomic E-state index is 9.68. The van der Waals surface area contributed by atoms with Crippen molar-refractivity contribution >= 4 is 21.8 Å². The number of pyridine rings is 1. The molecule has 0 aliphatic heterocycles. The zero-order chi connectivity index (χ0) is 11.3. The second-order valence-electron chi connectivity index (χ2n) is 4.08. The van der Waals surface area contributed by atoms with Crippen molar-refractivity contribution in [3.05, 3.63) is 35.7 Å². The summed E-state index contributed by atoms with van der Waals surface area (Å²) in [7, 11) is 0. The highest BCUT2D eigenvalue weighted by atomic mass is 16.3. The van der Waals surface area contributed by atoms with Gasteiger partial charge in [-0.2, -0.15) is 0 Å². The van der Waals surface area contributed by atoms with Crippen LogP contribution in [0.3, 0.4) is 0 Å². The van der Waals surface area contributed by atoms with Gasteiger partial charge < -0.3 is 10.1 Å². The number of rotatable bonds is 0. The maximum atomic E-state index is 9.68. The Morgan fingerprint density at radius 1 is 1.06 bits per heavy atom. The number of fused-ring (bicyclic) bond motifs is 3. The van der Waals surface area contributed by atoms with Gasteiger partial charge in [0.2, 0.25) is 0 Å². The van der Waals surface area contributed by atoms with Crippen molar-refractivity contribution in [3.63, 3.8) is 0 Å². The Morgan fingerprint density at radius 2 is 1.81 bits per heavy atom. The third-order valence-electron chi connectivity index (χ3n) is 3.12. The van der Waals surface area contributed by atoms with E-state index < -0.39 is 0 Å². The fourth-order valence-corrected chi connectivity index (χ4v) is 2.16. The third kappa shape index (κ3) is 1.05. The number of H-pyrrole nitrogens is 1. The molecule has 2 heterocycles. The van der Waals surface area contributed by atoms with Crippen molar-refractivity contribution < 1.29 is 5.11 Å². The topological polar surface area (TPSA) is 48.9 Å². The number of benzene rings is 1. The molecule has 3 aromatic rings. The van der Waals surface area contributed by atoms with Gasteiger partial charge >= 0.3 is 0 Å². The quantitative estimate of drug-likeness (QED) is 0.601. The Morgan fingerprint density at radius 3 is 2.62 bits per heavy atom. The van der Waals surface area contributed by atoms with Crippen LogP contribution in [0.5, 0.6) is 5.75 Å². The smallest absolute Gasteiger partial charge is 0.120 e. The first-order valence-electron chi connectivity index (χ1n) is 5.24. The van der Waals surface area contributed by atoms with Crippen molar-refractivity contribution in [1.29, 1.82) is 0 Å². The molecule has 0 fully saturated rings. The van der Waals surface area contributed by atoms with Crippen molar-refractivity contribution in [1.82, 2.24) is 9.97 Å². The molecule has 0 radical (unpaired) electrons. The lowest BCUT2D eigenvalue weighted by atomic mass is 10.1. The van der Waals surface area contributed by atoms with Crippen LogP contribution in [0.1, 0.15) is 11.3 Å². The number of nitrogens with one attached hydrogen (secondary N) is 1. The highest BCUT2D eigenvalue weighted by Crippen LogP contribution is 2.32. The van der Waals surface area contributed by atoms with Crippen molar-refractivity contribution in [2.45, 2.75) is 13.8 Å². The highest BCUT2D eigenvalue weighted by Gasteiger charge is 2.10. The van der Waals surface area contributed by atoms with E-state index in [1.54, 1.807) is 6.07 Å². The molecular formula is C13H12N2O. The molecule has 2 N–H and O–H groups in total. The van der Waals surface area contributed by atoms with Crippen LogP contribution < -0.4 is 0 Å². The molecule has 3 heteroatoms. The number of phenols is 1. The zero-order valence-corrected chi connectivity index (χ0v) is 9.20. The molecule has 2 aromatic heterocycles. The Kier molecular flexibility index (Phi) is 1.72. The van der Waals surface area contributed by atoms with E-state index in [0.29, 0.717) is 5.75 Å². The largest absolute Gasteiger partial charge is 0.508 e. The standard InChI is InChI=1S/C13H12N2O/c1-7-11(16)4-3-9-10-5-6-14-8(2)13(10)15-12(7)9/h3-6,15-16H,1-2H3. The lowest BCUT2D eigenvalue weighted by molar-refractivity contribution is 0.472. The van der Waals surface area contributed by atoms with E-state index in [2.05, 4.69) is 9.97 Å². The first-order chi connectivity index (χ1) is 7.68. The molecule has 0 unspecified atom stereocenters. The molecule has 0 aliphatic rings. The summed E-state index contributed by atoms with van der Waals surface area (Å²) in [5.41, 5.74) is 3.90. The van der Waals surface area contributed by atoms with Crippen LogP contribution in [-0.2, 0) is 0 Å². The predicted octanol–water partition coefficient (Wildman–Crippen LogP) is 3.04. The van der Waals surface area contributed by atoms with Gasteiger partial charge in [-0.1, -0.05) is 0 Å². The summed E-state index contributed by atoms with van der Waals surface area (Å²) in [4.78, 5) is 7.59. The fourth-order valence-electron chi connectivity index (χ4n) is 2.16. The summed E-state index contributed by atoms with van der Waals surface area (Å²) in [6, 6.07) is 5.67. The number of nitrogens with zero attached hydrogens (tertiary/aromatic N) is 1. The minimum Gasteiger partial charge on any atom is -0.508 e. The first kappa shape index (κ1) is 9.21. The van der Waals surface area contributed by atoms with Gasteiger partial charge in [0.15, 0.2) is 0 Å². The van der Waals surface area contributed by atoms with E-state index in [0.717, 1.165) is 33.1 Å². The number of hydrogen-bond acceptors (Lipinski definition) is 2. The molecule has 0 bridgehead atoms. The Labute approximate surface area is 92.7 Å². The van der Waals surface area contributed by atoms with Gasteiger partial charge in [-0.05, 0) is 32.0 Å². The maximum Gasteiger partial charge on any atom is 0.120 e. The Balaban J connectivity index is 2.60. The average molecular weight is 212 g/mol. The lowest BCUT2D eigenvalue weighted by Gasteiger charge is -1.98. The first-order valence-corrected chi connectivity index (χ1v) is 5.24. The van der Waals surface area contributed by atoms with E-state index >= 15 is 0 Å². The highest BCUT2D eigenvalue weighted by molar-refractivity contribution is 6.09. The molecule has 0 saturated carbocycles. The second kappa shape index (κ2) is 2.98. The lowest BCUT2D eigenvalue weighted by Crippen LogP contribution is -1.80. The molecule has 80 valence electrons. The predicted molar refractivity (Wildman–Crippen MR) is 64.7 cm³/mol. The van der Waals surface area contributed by atoms with Crippen LogP contribution in [-0.4, -0.2) is 15.1 Å². The van der Waals surface area contributed by atoms with Gasteiger partial charge in [0.1, 0.15) is 5.75 Å².